The third-order valence-corrected chi connectivity index (χ3v) is 18.1. The monoisotopic (exact) mass is 1180 g/mol. The zero-order chi connectivity index (χ0) is 57.4. The number of aliphatic hydroxyl groups excluding tert-OH is 2. The number of nitrogens with zero attached hydrogens (tertiary/aromatic N) is 4. The molecule has 8 aromatic rings. The Bertz CT molecular complexity index is 3480. The Hall–Kier alpha value is -7.02. The van der Waals surface area contributed by atoms with E-state index in [1.807, 2.05) is 149 Å². The van der Waals surface area contributed by atoms with Gasteiger partial charge in [0.15, 0.2) is 10.3 Å². The lowest BCUT2D eigenvalue weighted by atomic mass is 10.0. The number of nitrogens with one attached hydrogen (secondary N) is 2. The molecule has 2 aromatic heterocycles. The number of anilines is 2. The maximum absolute atomic E-state index is 13.9. The van der Waals surface area contributed by atoms with Gasteiger partial charge in [0.2, 0.25) is 20.0 Å². The Kier molecular flexibility index (Phi) is 23.1. The normalized spacial score (nSPS) is 13.3. The molecule has 0 radical (unpaired) electrons. The maximum atomic E-state index is 13.9. The molecule has 0 saturated carbocycles. The Balaban J connectivity index is 0.000000258. The van der Waals surface area contributed by atoms with Crippen molar-refractivity contribution in [2.24, 2.45) is 11.8 Å². The van der Waals surface area contributed by atoms with Crippen molar-refractivity contribution in [3.8, 4) is 0 Å². The van der Waals surface area contributed by atoms with Crippen LogP contribution in [0.1, 0.15) is 57.4 Å². The van der Waals surface area contributed by atoms with Crippen LogP contribution in [0.5, 0.6) is 0 Å². The van der Waals surface area contributed by atoms with Crippen LogP contribution in [0.25, 0.3) is 20.4 Å². The highest BCUT2D eigenvalue weighted by Crippen LogP contribution is 2.33. The van der Waals surface area contributed by atoms with Gasteiger partial charge in [-0.1, -0.05) is 185 Å². The van der Waals surface area contributed by atoms with Crippen LogP contribution in [0.15, 0.2) is 168 Å². The Morgan fingerprint density at radius 3 is 1.42 bits per heavy atom. The van der Waals surface area contributed by atoms with Crippen molar-refractivity contribution in [2.45, 2.75) is 95.3 Å². The average Bonchev–Trinajstić information content (AvgIpc) is 4.29. The van der Waals surface area contributed by atoms with Crippen LogP contribution in [0, 0.1) is 11.8 Å². The van der Waals surface area contributed by atoms with E-state index in [4.69, 9.17) is 20.9 Å². The van der Waals surface area contributed by atoms with E-state index >= 15 is 0 Å². The molecule has 8 N–H and O–H groups in total. The van der Waals surface area contributed by atoms with E-state index in [1.165, 1.54) is 32.1 Å². The van der Waals surface area contributed by atoms with Crippen molar-refractivity contribution >= 4 is 85.6 Å². The van der Waals surface area contributed by atoms with Crippen LogP contribution in [-0.4, -0.2) is 108 Å². The zero-order valence-corrected chi connectivity index (χ0v) is 48.1. The summed E-state index contributed by atoms with van der Waals surface area (Å²) in [7, 11) is -8.03. The number of carbonyl (C=O) groups excluding carboxylic acids is 2. The molecule has 0 aliphatic rings. The lowest BCUT2D eigenvalue weighted by molar-refractivity contribution is 0.0873. The number of carbonyl (C=O) groups is 2. The summed E-state index contributed by atoms with van der Waals surface area (Å²) >= 11 is 2.32. The molecule has 432 valence electrons. The molecule has 0 saturated heterocycles. The van der Waals surface area contributed by atoms with Crippen molar-refractivity contribution in [3.63, 3.8) is 0 Å². The number of alkyl carbamates (subject to hydrolysis) is 2. The number of nitrogen functional groups attached to an aromatic ring is 2. The fourth-order valence-corrected chi connectivity index (χ4v) is 14.1. The van der Waals surface area contributed by atoms with Gasteiger partial charge in [-0.3, -0.25) is 0 Å². The molecule has 4 atom stereocenters. The molecule has 18 nitrogen and oxygen atoms in total. The molecule has 0 bridgehead atoms. The highest BCUT2D eigenvalue weighted by molar-refractivity contribution is 7.89. The molecule has 2 amide bonds. The summed E-state index contributed by atoms with van der Waals surface area (Å²) in [5.41, 5.74) is 16.2. The number of aliphatic hydroxyl groups is 2. The smallest absolute Gasteiger partial charge is 0.407 e. The molecule has 2 heterocycles. The first kappa shape index (κ1) is 63.2. The molecule has 22 heteroatoms. The van der Waals surface area contributed by atoms with Crippen LogP contribution in [0.4, 0.5) is 19.9 Å². The van der Waals surface area contributed by atoms with Crippen molar-refractivity contribution in [1.29, 1.82) is 0 Å². The number of benzene rings is 6. The molecule has 0 aliphatic heterocycles. The summed E-state index contributed by atoms with van der Waals surface area (Å²) in [6.45, 7) is 7.64. The second kappa shape index (κ2) is 29.6. The second-order valence-corrected chi connectivity index (χ2v) is 25.8. The van der Waals surface area contributed by atoms with E-state index in [0.717, 1.165) is 33.6 Å². The maximum Gasteiger partial charge on any atom is 0.407 e. The molecular formula is C59H72N8O10S4. The lowest BCUT2D eigenvalue weighted by Crippen LogP contribution is -2.51. The summed E-state index contributed by atoms with van der Waals surface area (Å²) < 4.78 is 69.8. The highest BCUT2D eigenvalue weighted by Gasteiger charge is 2.34. The van der Waals surface area contributed by atoms with Gasteiger partial charge in [-0.05, 0) is 77.3 Å². The van der Waals surface area contributed by atoms with E-state index < -0.39 is 56.5 Å². The minimum absolute atomic E-state index is 0. The second-order valence-electron chi connectivity index (χ2n) is 19.9. The van der Waals surface area contributed by atoms with Crippen molar-refractivity contribution in [3.05, 3.63) is 180 Å². The largest absolute Gasteiger partial charge is 0.445 e. The molecule has 8 rings (SSSR count). The average molecular weight is 1180 g/mol. The van der Waals surface area contributed by atoms with Gasteiger partial charge in [-0.2, -0.15) is 8.61 Å². The van der Waals surface area contributed by atoms with Gasteiger partial charge in [-0.25, -0.2) is 36.4 Å². The molecule has 6 aromatic carbocycles. The number of fused-ring (bicyclic) bond motifs is 2. The fourth-order valence-electron chi connectivity index (χ4n) is 8.68. The van der Waals surface area contributed by atoms with Crippen LogP contribution in [0.3, 0.4) is 0 Å². The lowest BCUT2D eigenvalue weighted by Gasteiger charge is -2.30. The quantitative estimate of drug-likeness (QED) is 0.0329. The molecule has 81 heavy (non-hydrogen) atoms. The van der Waals surface area contributed by atoms with Crippen LogP contribution >= 0.6 is 22.7 Å². The first-order valence-electron chi connectivity index (χ1n) is 25.9. The van der Waals surface area contributed by atoms with Gasteiger partial charge in [-0.15, -0.1) is 0 Å². The number of hydrogen-bond donors (Lipinski definition) is 6. The Labute approximate surface area is 482 Å². The van der Waals surface area contributed by atoms with Crippen molar-refractivity contribution in [1.82, 2.24) is 29.2 Å². The topological polar surface area (TPSA) is 270 Å². The summed E-state index contributed by atoms with van der Waals surface area (Å²) in [5, 5.41) is 28.9. The SMILES string of the molecule is C.CC(C)CN(C[C@@H](O)[C@H](Cc1ccccc1)NC(=O)OCc1ccccc1)S(=O)(=O)c1ccc2nc(N)sc2c1.CC(C)CN(C[C@@H](O)[C@H](Cc1ccccc1)NC(=O)OCc1ccccc1)S(=O)(=O)c1cccc2nc(N)sc12. The summed E-state index contributed by atoms with van der Waals surface area (Å²) in [5.74, 6) is -0.0368. The first-order valence-corrected chi connectivity index (χ1v) is 30.5. The molecular weight excluding hydrogens is 1110 g/mol. The number of rotatable bonds is 24. The van der Waals surface area contributed by atoms with Gasteiger partial charge in [0.05, 0.1) is 49.6 Å². The van der Waals surface area contributed by atoms with E-state index in [9.17, 15) is 36.6 Å². The van der Waals surface area contributed by atoms with Gasteiger partial charge in [0, 0.05) is 26.2 Å². The van der Waals surface area contributed by atoms with Gasteiger partial charge in [0.1, 0.15) is 18.1 Å². The van der Waals surface area contributed by atoms with Gasteiger partial charge >= 0.3 is 12.2 Å². The molecule has 0 spiro atoms. The Morgan fingerprint density at radius 1 is 0.543 bits per heavy atom. The first-order chi connectivity index (χ1) is 38.2. The number of amides is 2. The number of sulfonamides is 2. The predicted molar refractivity (Wildman–Crippen MR) is 321 cm³/mol. The van der Waals surface area contributed by atoms with Crippen LogP contribution in [0.2, 0.25) is 0 Å². The number of thiazole rings is 2. The van der Waals surface area contributed by atoms with Gasteiger partial charge in [0.25, 0.3) is 0 Å². The predicted octanol–water partition coefficient (Wildman–Crippen LogP) is 9.48. The summed E-state index contributed by atoms with van der Waals surface area (Å²) in [6.07, 6.45) is -3.30. The standard InChI is InChI=1S/2C29H34N4O5S2.CH4/c1-20(2)17-33(40(36,37)26-15-9-14-23-27(26)39-28(30)31-23)18-25(34)24(16-21-10-5-3-6-11-21)32-29(35)38-19-22-12-7-4-8-13-22;1-20(2)17-33(40(36,37)23-13-14-24-27(16-23)39-28(30)31-24)18-26(34)25(15-21-9-5-3-6-10-21)32-29(35)38-19-22-11-7-4-8-12-22;/h3-15,20,24-25,34H,16-19H2,1-2H3,(H2,30,31)(H,32,35);3-14,16,20,25-26,34H,15,17-19H2,1-2H3,(H2,30,31)(H,32,35);1H4/t24-,25+;25-,26+;/m00./s1. The highest BCUT2D eigenvalue weighted by atomic mass is 32.2. The number of hydrogen-bond acceptors (Lipinski definition) is 16. The fraction of sp³-hybridized carbons (Fsp3) is 0.322. The van der Waals surface area contributed by atoms with Crippen molar-refractivity contribution in [2.75, 3.05) is 37.6 Å². The third kappa shape index (κ3) is 18.2. The number of nitrogens with two attached hydrogens (primary N) is 2. The van der Waals surface area contributed by atoms with E-state index in [2.05, 4.69) is 20.6 Å². The van der Waals surface area contributed by atoms with Crippen molar-refractivity contribution < 1.29 is 46.1 Å². The van der Waals surface area contributed by atoms with E-state index in [1.54, 1.807) is 24.3 Å². The minimum Gasteiger partial charge on any atom is -0.445 e. The van der Waals surface area contributed by atoms with Crippen LogP contribution < -0.4 is 22.1 Å². The summed E-state index contributed by atoms with van der Waals surface area (Å²) in [6, 6.07) is 45.2. The van der Waals surface area contributed by atoms with Gasteiger partial charge < -0.3 is 41.8 Å². The van der Waals surface area contributed by atoms with E-state index in [-0.39, 0.29) is 86.4 Å². The van der Waals surface area contributed by atoms with Crippen LogP contribution in [-0.2, 0) is 55.6 Å². The minimum atomic E-state index is -4.04. The molecule has 0 unspecified atom stereocenters. The van der Waals surface area contributed by atoms with E-state index in [0.29, 0.717) is 25.6 Å². The molecule has 0 fully saturated rings. The number of aromatic nitrogens is 2. The third-order valence-electron chi connectivity index (χ3n) is 12.5. The molecule has 0 aliphatic carbocycles. The summed E-state index contributed by atoms with van der Waals surface area (Å²) in [4.78, 5) is 34.1. The zero-order valence-electron chi connectivity index (χ0n) is 44.9. The number of ether oxygens (including phenoxy) is 2. The Morgan fingerprint density at radius 2 is 0.963 bits per heavy atom.